The van der Waals surface area contributed by atoms with Crippen molar-refractivity contribution in [2.24, 2.45) is 5.73 Å². The number of primary amides is 1. The quantitative estimate of drug-likeness (QED) is 0.861. The minimum Gasteiger partial charge on any atom is -0.370 e. The van der Waals surface area contributed by atoms with Crippen molar-refractivity contribution >= 4 is 40.3 Å². The van der Waals surface area contributed by atoms with Crippen LogP contribution in [0.1, 0.15) is 25.2 Å². The number of fused-ring (bicyclic) bond motifs is 1. The second-order valence-corrected chi connectivity index (χ2v) is 5.17. The number of carbonyl (C=O) groups is 1. The summed E-state index contributed by atoms with van der Waals surface area (Å²) in [5.74, 6) is 0.869. The third kappa shape index (κ3) is 2.98. The predicted molar refractivity (Wildman–Crippen MR) is 75.5 cm³/mol. The molecule has 0 saturated carbocycles. The highest BCUT2D eigenvalue weighted by Crippen LogP contribution is 2.24. The Morgan fingerprint density at radius 3 is 2.95 bits per heavy atom. The van der Waals surface area contributed by atoms with Gasteiger partial charge in [0.05, 0.1) is 5.02 Å². The van der Waals surface area contributed by atoms with Gasteiger partial charge in [0.2, 0.25) is 5.91 Å². The van der Waals surface area contributed by atoms with Crippen molar-refractivity contribution in [3.63, 3.8) is 0 Å². The first-order chi connectivity index (χ1) is 9.02. The van der Waals surface area contributed by atoms with Crippen LogP contribution in [0.25, 0.3) is 11.2 Å². The van der Waals surface area contributed by atoms with E-state index in [4.69, 9.17) is 28.9 Å². The van der Waals surface area contributed by atoms with Crippen LogP contribution in [0.4, 0.5) is 0 Å². The van der Waals surface area contributed by atoms with Gasteiger partial charge >= 0.3 is 0 Å². The molecule has 2 N–H and O–H groups in total. The second-order valence-electron chi connectivity index (χ2n) is 4.35. The van der Waals surface area contributed by atoms with Crippen molar-refractivity contribution < 1.29 is 4.79 Å². The largest absolute Gasteiger partial charge is 0.370 e. The molecule has 1 atom stereocenters. The number of alkyl halides is 1. The summed E-state index contributed by atoms with van der Waals surface area (Å²) in [4.78, 5) is 19.8. The Balaban J connectivity index is 2.54. The second kappa shape index (κ2) is 5.75. The minimum absolute atomic E-state index is 0.116. The molecule has 0 saturated heterocycles. The fourth-order valence-electron chi connectivity index (χ4n) is 2.11. The van der Waals surface area contributed by atoms with Crippen LogP contribution >= 0.6 is 23.2 Å². The highest BCUT2D eigenvalue weighted by Gasteiger charge is 2.18. The van der Waals surface area contributed by atoms with Gasteiger partial charge in [-0.05, 0) is 13.0 Å². The van der Waals surface area contributed by atoms with Crippen LogP contribution < -0.4 is 5.73 Å². The topological polar surface area (TPSA) is 73.8 Å². The normalized spacial score (nSPS) is 12.8. The van der Waals surface area contributed by atoms with Gasteiger partial charge in [-0.2, -0.15) is 0 Å². The highest BCUT2D eigenvalue weighted by atomic mass is 35.5. The Morgan fingerprint density at radius 2 is 2.32 bits per heavy atom. The van der Waals surface area contributed by atoms with Crippen molar-refractivity contribution in [2.45, 2.75) is 25.8 Å². The number of nitrogens with zero attached hydrogens (tertiary/aromatic N) is 3. The van der Waals surface area contributed by atoms with Crippen molar-refractivity contribution in [1.29, 1.82) is 0 Å². The smallest absolute Gasteiger partial charge is 0.219 e. The first kappa shape index (κ1) is 14.1. The summed E-state index contributed by atoms with van der Waals surface area (Å²) in [7, 11) is 0. The van der Waals surface area contributed by atoms with Gasteiger partial charge in [0.25, 0.3) is 0 Å². The van der Waals surface area contributed by atoms with Crippen LogP contribution in [0.3, 0.4) is 0 Å². The molecule has 0 aliphatic carbocycles. The van der Waals surface area contributed by atoms with Crippen molar-refractivity contribution in [3.8, 4) is 0 Å². The van der Waals surface area contributed by atoms with E-state index < -0.39 is 0 Å². The third-order valence-corrected chi connectivity index (χ3v) is 3.22. The standard InChI is InChI=1S/C12H14Cl2N4O/c1-7(4-10(15)19)18-11(2-3-13)17-9-5-8(14)6-16-12(9)18/h5-7H,2-4H2,1H3,(H2,15,19). The summed E-state index contributed by atoms with van der Waals surface area (Å²) in [5, 5.41) is 0.525. The minimum atomic E-state index is -0.361. The molecule has 2 aromatic rings. The lowest BCUT2D eigenvalue weighted by molar-refractivity contribution is -0.118. The molecule has 2 aromatic heterocycles. The fraction of sp³-hybridized carbons (Fsp3) is 0.417. The van der Waals surface area contributed by atoms with Gasteiger partial charge in [0.1, 0.15) is 11.3 Å². The highest BCUT2D eigenvalue weighted by molar-refractivity contribution is 6.31. The average Bonchev–Trinajstić information content (AvgIpc) is 2.65. The average molecular weight is 301 g/mol. The number of nitrogens with two attached hydrogens (primary N) is 1. The zero-order valence-corrected chi connectivity index (χ0v) is 11.9. The number of imidazole rings is 1. The number of pyridine rings is 1. The molecule has 0 spiro atoms. The van der Waals surface area contributed by atoms with Gasteiger partial charge in [-0.15, -0.1) is 11.6 Å². The molecule has 0 bridgehead atoms. The number of hydrogen-bond donors (Lipinski definition) is 1. The van der Waals surface area contributed by atoms with Crippen LogP contribution in [-0.2, 0) is 11.2 Å². The molecule has 0 aromatic carbocycles. The lowest BCUT2D eigenvalue weighted by Crippen LogP contribution is -2.19. The number of aryl methyl sites for hydroxylation is 1. The Kier molecular flexibility index (Phi) is 4.27. The molecule has 102 valence electrons. The SMILES string of the molecule is CC(CC(N)=O)n1c(CCCl)nc2cc(Cl)cnc21. The van der Waals surface area contributed by atoms with Crippen LogP contribution in [-0.4, -0.2) is 26.3 Å². The lowest BCUT2D eigenvalue weighted by atomic mass is 10.2. The number of amides is 1. The van der Waals surface area contributed by atoms with Crippen LogP contribution in [0.2, 0.25) is 5.02 Å². The number of halogens is 2. The Bertz CT molecular complexity index is 611. The molecular weight excluding hydrogens is 287 g/mol. The van der Waals surface area contributed by atoms with E-state index in [-0.39, 0.29) is 18.4 Å². The maximum absolute atomic E-state index is 11.1. The van der Waals surface area contributed by atoms with E-state index in [0.29, 0.717) is 28.5 Å². The molecule has 2 rings (SSSR count). The summed E-state index contributed by atoms with van der Waals surface area (Å²) in [6.07, 6.45) is 2.38. The van der Waals surface area contributed by atoms with E-state index in [2.05, 4.69) is 9.97 Å². The molecule has 1 unspecified atom stereocenters. The summed E-state index contributed by atoms with van der Waals surface area (Å²) in [6, 6.07) is 1.63. The number of rotatable bonds is 5. The van der Waals surface area contributed by atoms with Gasteiger partial charge in [-0.25, -0.2) is 9.97 Å². The van der Waals surface area contributed by atoms with E-state index in [1.54, 1.807) is 12.3 Å². The third-order valence-electron chi connectivity index (χ3n) is 2.83. The number of carbonyl (C=O) groups excluding carboxylic acids is 1. The number of hydrogen-bond acceptors (Lipinski definition) is 3. The molecule has 1 amide bonds. The zero-order chi connectivity index (χ0) is 14.0. The van der Waals surface area contributed by atoms with E-state index in [9.17, 15) is 4.79 Å². The first-order valence-corrected chi connectivity index (χ1v) is 6.80. The number of aromatic nitrogens is 3. The van der Waals surface area contributed by atoms with E-state index in [1.807, 2.05) is 11.5 Å². The van der Waals surface area contributed by atoms with Gasteiger partial charge in [0, 0.05) is 31.0 Å². The van der Waals surface area contributed by atoms with E-state index in [1.165, 1.54) is 0 Å². The predicted octanol–water partition coefficient (Wildman–Crippen LogP) is 2.30. The molecule has 2 heterocycles. The molecule has 0 radical (unpaired) electrons. The summed E-state index contributed by atoms with van der Waals surface area (Å²) in [6.45, 7) is 1.90. The van der Waals surface area contributed by atoms with Gasteiger partial charge < -0.3 is 10.3 Å². The van der Waals surface area contributed by atoms with Crippen molar-refractivity contribution in [2.75, 3.05) is 5.88 Å². The Morgan fingerprint density at radius 1 is 1.58 bits per heavy atom. The zero-order valence-electron chi connectivity index (χ0n) is 10.4. The van der Waals surface area contributed by atoms with Gasteiger partial charge in [-0.3, -0.25) is 4.79 Å². The summed E-state index contributed by atoms with van der Waals surface area (Å²) < 4.78 is 1.90. The van der Waals surface area contributed by atoms with Crippen molar-refractivity contribution in [1.82, 2.24) is 14.5 Å². The Hall–Kier alpha value is -1.33. The molecular formula is C12H14Cl2N4O. The van der Waals surface area contributed by atoms with Crippen LogP contribution in [0, 0.1) is 0 Å². The van der Waals surface area contributed by atoms with E-state index in [0.717, 1.165) is 5.82 Å². The molecule has 0 aliphatic heterocycles. The Labute approximate surface area is 120 Å². The van der Waals surface area contributed by atoms with Crippen LogP contribution in [0.5, 0.6) is 0 Å². The molecule has 19 heavy (non-hydrogen) atoms. The lowest BCUT2D eigenvalue weighted by Gasteiger charge is -2.15. The monoisotopic (exact) mass is 300 g/mol. The van der Waals surface area contributed by atoms with Gasteiger partial charge in [-0.1, -0.05) is 11.6 Å². The molecule has 7 heteroatoms. The molecule has 5 nitrogen and oxygen atoms in total. The van der Waals surface area contributed by atoms with Crippen molar-refractivity contribution in [3.05, 3.63) is 23.1 Å². The first-order valence-electron chi connectivity index (χ1n) is 5.89. The van der Waals surface area contributed by atoms with Gasteiger partial charge in [0.15, 0.2) is 5.65 Å². The van der Waals surface area contributed by atoms with E-state index >= 15 is 0 Å². The van der Waals surface area contributed by atoms with Crippen LogP contribution in [0.15, 0.2) is 12.3 Å². The fourth-order valence-corrected chi connectivity index (χ4v) is 2.43. The maximum Gasteiger partial charge on any atom is 0.219 e. The summed E-state index contributed by atoms with van der Waals surface area (Å²) >= 11 is 11.7. The molecule has 0 aliphatic rings. The molecule has 0 fully saturated rings. The maximum atomic E-state index is 11.1. The summed E-state index contributed by atoms with van der Waals surface area (Å²) in [5.41, 5.74) is 6.64.